The number of methoxy groups -OCH3 is 1. The third kappa shape index (κ3) is 1.91. The van der Waals surface area contributed by atoms with E-state index in [9.17, 15) is 0 Å². The molecule has 82 valence electrons. The Morgan fingerprint density at radius 3 is 2.56 bits per heavy atom. The van der Waals surface area contributed by atoms with E-state index >= 15 is 0 Å². The van der Waals surface area contributed by atoms with Gasteiger partial charge in [0.1, 0.15) is 5.75 Å². The lowest BCUT2D eigenvalue weighted by Gasteiger charge is -2.07. The molecule has 0 aliphatic carbocycles. The SMILES string of the molecule is COc1ccc(-c2cc(N)ccn2)cc1N. The molecule has 0 aliphatic rings. The van der Waals surface area contributed by atoms with Crippen LogP contribution < -0.4 is 16.2 Å². The second-order valence-electron chi connectivity index (χ2n) is 3.43. The topological polar surface area (TPSA) is 74.2 Å². The normalized spacial score (nSPS) is 10.1. The minimum absolute atomic E-state index is 0.587. The molecule has 0 aliphatic heterocycles. The lowest BCUT2D eigenvalue weighted by atomic mass is 10.1. The number of anilines is 2. The number of benzene rings is 1. The zero-order valence-electron chi connectivity index (χ0n) is 8.97. The molecule has 16 heavy (non-hydrogen) atoms. The standard InChI is InChI=1S/C12H13N3O/c1-16-12-3-2-8(6-10(12)14)11-7-9(13)4-5-15-11/h2-7H,14H2,1H3,(H2,13,15). The second kappa shape index (κ2) is 4.10. The van der Waals surface area contributed by atoms with E-state index in [1.54, 1.807) is 25.4 Å². The Kier molecular flexibility index (Phi) is 2.64. The third-order valence-electron chi connectivity index (χ3n) is 2.31. The number of nitrogen functional groups attached to an aromatic ring is 2. The van der Waals surface area contributed by atoms with Crippen molar-refractivity contribution in [2.45, 2.75) is 0 Å². The molecule has 0 radical (unpaired) electrons. The van der Waals surface area contributed by atoms with Gasteiger partial charge in [-0.2, -0.15) is 0 Å². The van der Waals surface area contributed by atoms with Gasteiger partial charge in [-0.3, -0.25) is 4.98 Å². The summed E-state index contributed by atoms with van der Waals surface area (Å²) in [5.41, 5.74) is 14.5. The van der Waals surface area contributed by atoms with Crippen molar-refractivity contribution < 1.29 is 4.74 Å². The van der Waals surface area contributed by atoms with Crippen LogP contribution in [0, 0.1) is 0 Å². The molecule has 2 rings (SSSR count). The number of rotatable bonds is 2. The van der Waals surface area contributed by atoms with Crippen molar-refractivity contribution in [3.8, 4) is 17.0 Å². The van der Waals surface area contributed by atoms with Gasteiger partial charge in [0.05, 0.1) is 18.5 Å². The van der Waals surface area contributed by atoms with Crippen molar-refractivity contribution in [1.82, 2.24) is 4.98 Å². The fourth-order valence-corrected chi connectivity index (χ4v) is 1.50. The van der Waals surface area contributed by atoms with Gasteiger partial charge in [0.25, 0.3) is 0 Å². The van der Waals surface area contributed by atoms with E-state index in [1.807, 2.05) is 18.2 Å². The monoisotopic (exact) mass is 215 g/mol. The third-order valence-corrected chi connectivity index (χ3v) is 2.31. The first-order chi connectivity index (χ1) is 7.70. The molecule has 0 amide bonds. The summed E-state index contributed by atoms with van der Waals surface area (Å²) < 4.78 is 5.09. The largest absolute Gasteiger partial charge is 0.495 e. The number of ether oxygens (including phenoxy) is 1. The number of hydrogen-bond donors (Lipinski definition) is 2. The predicted octanol–water partition coefficient (Wildman–Crippen LogP) is 1.92. The van der Waals surface area contributed by atoms with E-state index in [-0.39, 0.29) is 0 Å². The van der Waals surface area contributed by atoms with E-state index in [0.29, 0.717) is 17.1 Å². The smallest absolute Gasteiger partial charge is 0.141 e. The lowest BCUT2D eigenvalue weighted by molar-refractivity contribution is 0.417. The van der Waals surface area contributed by atoms with Crippen molar-refractivity contribution in [2.75, 3.05) is 18.6 Å². The number of nitrogens with two attached hydrogens (primary N) is 2. The second-order valence-corrected chi connectivity index (χ2v) is 3.43. The van der Waals surface area contributed by atoms with Crippen molar-refractivity contribution in [3.05, 3.63) is 36.5 Å². The summed E-state index contributed by atoms with van der Waals surface area (Å²) in [6, 6.07) is 9.09. The molecule has 4 heteroatoms. The molecule has 0 saturated carbocycles. The highest BCUT2D eigenvalue weighted by molar-refractivity contribution is 5.69. The Hall–Kier alpha value is -2.23. The van der Waals surface area contributed by atoms with E-state index in [0.717, 1.165) is 11.3 Å². The molecule has 1 heterocycles. The minimum Gasteiger partial charge on any atom is -0.495 e. The van der Waals surface area contributed by atoms with Crippen LogP contribution >= 0.6 is 0 Å². The van der Waals surface area contributed by atoms with Crippen molar-refractivity contribution >= 4 is 11.4 Å². The highest BCUT2D eigenvalue weighted by atomic mass is 16.5. The Morgan fingerprint density at radius 2 is 1.94 bits per heavy atom. The number of pyridine rings is 1. The van der Waals surface area contributed by atoms with E-state index < -0.39 is 0 Å². The summed E-state index contributed by atoms with van der Waals surface area (Å²) in [4.78, 5) is 4.23. The quantitative estimate of drug-likeness (QED) is 0.750. The molecule has 4 N–H and O–H groups in total. The summed E-state index contributed by atoms with van der Waals surface area (Å²) >= 11 is 0. The number of hydrogen-bond acceptors (Lipinski definition) is 4. The highest BCUT2D eigenvalue weighted by Gasteiger charge is 2.03. The molecule has 1 aromatic carbocycles. The summed E-state index contributed by atoms with van der Waals surface area (Å²) in [5, 5.41) is 0. The molecule has 0 spiro atoms. The highest BCUT2D eigenvalue weighted by Crippen LogP contribution is 2.27. The van der Waals surface area contributed by atoms with Gasteiger partial charge in [-0.1, -0.05) is 0 Å². The van der Waals surface area contributed by atoms with Crippen LogP contribution in [0.15, 0.2) is 36.5 Å². The van der Waals surface area contributed by atoms with Crippen LogP contribution in [0.3, 0.4) is 0 Å². The summed E-state index contributed by atoms with van der Waals surface area (Å²) in [6.45, 7) is 0. The molecule has 0 fully saturated rings. The van der Waals surface area contributed by atoms with Gasteiger partial charge in [-0.15, -0.1) is 0 Å². The molecular formula is C12H13N3O. The fourth-order valence-electron chi connectivity index (χ4n) is 1.50. The molecule has 4 nitrogen and oxygen atoms in total. The Morgan fingerprint density at radius 1 is 1.12 bits per heavy atom. The van der Waals surface area contributed by atoms with Gasteiger partial charge < -0.3 is 16.2 Å². The minimum atomic E-state index is 0.587. The average Bonchev–Trinajstić information content (AvgIpc) is 2.29. The summed E-state index contributed by atoms with van der Waals surface area (Å²) in [5.74, 6) is 0.660. The molecule has 0 saturated heterocycles. The Bertz CT molecular complexity index is 511. The molecule has 2 aromatic rings. The van der Waals surface area contributed by atoms with E-state index in [2.05, 4.69) is 4.98 Å². The molecule has 0 unspecified atom stereocenters. The van der Waals surface area contributed by atoms with Gasteiger partial charge >= 0.3 is 0 Å². The van der Waals surface area contributed by atoms with Crippen LogP contribution in [0.1, 0.15) is 0 Å². The fraction of sp³-hybridized carbons (Fsp3) is 0.0833. The van der Waals surface area contributed by atoms with Crippen LogP contribution in [0.4, 0.5) is 11.4 Å². The maximum Gasteiger partial charge on any atom is 0.141 e. The number of nitrogens with zero attached hydrogens (tertiary/aromatic N) is 1. The molecule has 0 bridgehead atoms. The van der Waals surface area contributed by atoms with Crippen LogP contribution in [0.2, 0.25) is 0 Å². The van der Waals surface area contributed by atoms with Crippen molar-refractivity contribution in [1.29, 1.82) is 0 Å². The van der Waals surface area contributed by atoms with Gasteiger partial charge in [0, 0.05) is 17.4 Å². The number of aromatic nitrogens is 1. The maximum atomic E-state index is 5.82. The van der Waals surface area contributed by atoms with Gasteiger partial charge in [0.15, 0.2) is 0 Å². The zero-order valence-corrected chi connectivity index (χ0v) is 8.97. The Balaban J connectivity index is 2.45. The van der Waals surface area contributed by atoms with Crippen molar-refractivity contribution in [3.63, 3.8) is 0 Å². The van der Waals surface area contributed by atoms with Crippen LogP contribution in [-0.2, 0) is 0 Å². The first kappa shape index (κ1) is 10.3. The first-order valence-corrected chi connectivity index (χ1v) is 4.86. The molecular weight excluding hydrogens is 202 g/mol. The van der Waals surface area contributed by atoms with Crippen LogP contribution in [0.25, 0.3) is 11.3 Å². The first-order valence-electron chi connectivity index (χ1n) is 4.86. The lowest BCUT2D eigenvalue weighted by Crippen LogP contribution is -1.94. The Labute approximate surface area is 93.9 Å². The van der Waals surface area contributed by atoms with Gasteiger partial charge in [0.2, 0.25) is 0 Å². The van der Waals surface area contributed by atoms with Gasteiger partial charge in [-0.05, 0) is 30.3 Å². The van der Waals surface area contributed by atoms with Crippen molar-refractivity contribution in [2.24, 2.45) is 0 Å². The van der Waals surface area contributed by atoms with E-state index in [1.165, 1.54) is 0 Å². The average molecular weight is 215 g/mol. The maximum absolute atomic E-state index is 5.82. The van der Waals surface area contributed by atoms with Crippen LogP contribution in [0.5, 0.6) is 5.75 Å². The van der Waals surface area contributed by atoms with E-state index in [4.69, 9.17) is 16.2 Å². The predicted molar refractivity (Wildman–Crippen MR) is 65.0 cm³/mol. The summed E-state index contributed by atoms with van der Waals surface area (Å²) in [6.07, 6.45) is 1.67. The van der Waals surface area contributed by atoms with Gasteiger partial charge in [-0.25, -0.2) is 0 Å². The molecule has 1 aromatic heterocycles. The molecule has 0 atom stereocenters. The zero-order chi connectivity index (χ0) is 11.5. The summed E-state index contributed by atoms with van der Waals surface area (Å²) in [7, 11) is 1.59. The van der Waals surface area contributed by atoms with Crippen LogP contribution in [-0.4, -0.2) is 12.1 Å².